The molecule has 0 spiro atoms. The number of amides is 2. The van der Waals surface area contributed by atoms with Crippen LogP contribution >= 0.6 is 11.3 Å². The third kappa shape index (κ3) is 3.67. The molecule has 1 aromatic rings. The molecule has 2 rings (SSSR count). The van der Waals surface area contributed by atoms with Crippen LogP contribution in [-0.2, 0) is 9.53 Å². The summed E-state index contributed by atoms with van der Waals surface area (Å²) in [6.45, 7) is 1.37. The number of likely N-dealkylation sites (tertiary alicyclic amines) is 1. The number of hydrogen-bond donors (Lipinski definition) is 2. The maximum atomic E-state index is 11.9. The van der Waals surface area contributed by atoms with Crippen LogP contribution in [0.25, 0.3) is 0 Å². The Labute approximate surface area is 121 Å². The number of methoxy groups -OCH3 is 1. The lowest BCUT2D eigenvalue weighted by molar-refractivity contribution is -0.136. The average Bonchev–Trinajstić information content (AvgIpc) is 2.86. The lowest BCUT2D eigenvalue weighted by Crippen LogP contribution is -2.47. The number of aromatic nitrogens is 1. The molecule has 1 aliphatic heterocycles. The fraction of sp³-hybridized carbons (Fsp3) is 0.583. The number of rotatable bonds is 4. The minimum atomic E-state index is -0.209. The number of carbonyl (C=O) groups excluding carboxylic acids is 2. The van der Waals surface area contributed by atoms with E-state index < -0.39 is 0 Å². The van der Waals surface area contributed by atoms with E-state index in [1.807, 2.05) is 0 Å². The molecule has 1 saturated heterocycles. The highest BCUT2D eigenvalue weighted by Gasteiger charge is 2.24. The zero-order valence-corrected chi connectivity index (χ0v) is 12.1. The van der Waals surface area contributed by atoms with Gasteiger partial charge < -0.3 is 20.7 Å². The highest BCUT2D eigenvalue weighted by Crippen LogP contribution is 2.14. The standard InChI is InChI=1S/C12H18N4O3S/c1-19-6-10(17)16-4-2-8(3-5-16)14-11(18)9-7-20-12(13)15-9/h7-8H,2-6H2,1H3,(H2,13,15)(H,14,18). The summed E-state index contributed by atoms with van der Waals surface area (Å²) in [6, 6.07) is 0.0667. The molecule has 110 valence electrons. The van der Waals surface area contributed by atoms with Gasteiger partial charge in [-0.15, -0.1) is 11.3 Å². The SMILES string of the molecule is COCC(=O)N1CCC(NC(=O)c2csc(N)n2)CC1. The van der Waals surface area contributed by atoms with Crippen LogP contribution in [-0.4, -0.2) is 54.5 Å². The number of nitrogens with one attached hydrogen (secondary N) is 1. The highest BCUT2D eigenvalue weighted by atomic mass is 32.1. The van der Waals surface area contributed by atoms with Gasteiger partial charge >= 0.3 is 0 Å². The van der Waals surface area contributed by atoms with Gasteiger partial charge in [-0.05, 0) is 12.8 Å². The molecule has 7 nitrogen and oxygen atoms in total. The number of thiazole rings is 1. The number of nitrogens with zero attached hydrogens (tertiary/aromatic N) is 2. The first kappa shape index (κ1) is 14.7. The lowest BCUT2D eigenvalue weighted by atomic mass is 10.0. The van der Waals surface area contributed by atoms with Crippen molar-refractivity contribution in [2.45, 2.75) is 18.9 Å². The maximum absolute atomic E-state index is 11.9. The molecular formula is C12H18N4O3S. The van der Waals surface area contributed by atoms with E-state index in [0.717, 1.165) is 12.8 Å². The molecule has 0 radical (unpaired) electrons. The first-order valence-corrected chi connectivity index (χ1v) is 7.26. The van der Waals surface area contributed by atoms with Crippen molar-refractivity contribution < 1.29 is 14.3 Å². The van der Waals surface area contributed by atoms with Crippen LogP contribution in [0, 0.1) is 0 Å². The Kier molecular flexibility index (Phi) is 4.91. The Bertz CT molecular complexity index is 483. The van der Waals surface area contributed by atoms with Crippen LogP contribution in [0.5, 0.6) is 0 Å². The fourth-order valence-electron chi connectivity index (χ4n) is 2.14. The second-order valence-corrected chi connectivity index (χ2v) is 5.52. The summed E-state index contributed by atoms with van der Waals surface area (Å²) < 4.78 is 4.83. The summed E-state index contributed by atoms with van der Waals surface area (Å²) in [4.78, 5) is 29.3. The van der Waals surface area contributed by atoms with Crippen molar-refractivity contribution in [3.63, 3.8) is 0 Å². The van der Waals surface area contributed by atoms with Gasteiger partial charge in [-0.2, -0.15) is 0 Å². The third-order valence-electron chi connectivity index (χ3n) is 3.21. The molecule has 0 saturated carbocycles. The Morgan fingerprint density at radius 2 is 2.25 bits per heavy atom. The summed E-state index contributed by atoms with van der Waals surface area (Å²) in [5, 5.41) is 4.95. The predicted molar refractivity (Wildman–Crippen MR) is 75.5 cm³/mol. The molecule has 8 heteroatoms. The van der Waals surface area contributed by atoms with Crippen molar-refractivity contribution in [2.75, 3.05) is 32.5 Å². The van der Waals surface area contributed by atoms with E-state index in [2.05, 4.69) is 10.3 Å². The van der Waals surface area contributed by atoms with Crippen molar-refractivity contribution in [1.82, 2.24) is 15.2 Å². The Morgan fingerprint density at radius 1 is 1.55 bits per heavy atom. The molecule has 2 amide bonds. The smallest absolute Gasteiger partial charge is 0.271 e. The van der Waals surface area contributed by atoms with Crippen LogP contribution in [0.15, 0.2) is 5.38 Å². The van der Waals surface area contributed by atoms with Gasteiger partial charge in [-0.3, -0.25) is 9.59 Å². The molecule has 20 heavy (non-hydrogen) atoms. The Balaban J connectivity index is 1.80. The normalized spacial score (nSPS) is 16.1. The van der Waals surface area contributed by atoms with Gasteiger partial charge in [-0.1, -0.05) is 0 Å². The number of anilines is 1. The van der Waals surface area contributed by atoms with Crippen molar-refractivity contribution in [3.8, 4) is 0 Å². The number of nitrogens with two attached hydrogens (primary N) is 1. The van der Waals surface area contributed by atoms with Gasteiger partial charge in [0.2, 0.25) is 5.91 Å². The third-order valence-corrected chi connectivity index (χ3v) is 3.88. The highest BCUT2D eigenvalue weighted by molar-refractivity contribution is 7.13. The molecule has 2 heterocycles. The summed E-state index contributed by atoms with van der Waals surface area (Å²) >= 11 is 1.24. The molecule has 0 aromatic carbocycles. The van der Waals surface area contributed by atoms with Gasteiger partial charge in [0.05, 0.1) is 0 Å². The lowest BCUT2D eigenvalue weighted by Gasteiger charge is -2.32. The number of ether oxygens (including phenoxy) is 1. The quantitative estimate of drug-likeness (QED) is 0.821. The average molecular weight is 298 g/mol. The molecule has 1 aliphatic rings. The minimum Gasteiger partial charge on any atom is -0.375 e. The van der Waals surface area contributed by atoms with E-state index in [1.54, 1.807) is 10.3 Å². The van der Waals surface area contributed by atoms with E-state index in [9.17, 15) is 9.59 Å². The molecule has 0 unspecified atom stereocenters. The monoisotopic (exact) mass is 298 g/mol. The Hall–Kier alpha value is -1.67. The summed E-state index contributed by atoms with van der Waals surface area (Å²) in [6.07, 6.45) is 1.47. The van der Waals surface area contributed by atoms with Gasteiger partial charge in [-0.25, -0.2) is 4.98 Å². The minimum absolute atomic E-state index is 0.00967. The summed E-state index contributed by atoms with van der Waals surface area (Å²) in [5.74, 6) is -0.218. The van der Waals surface area contributed by atoms with Crippen LogP contribution < -0.4 is 11.1 Å². The van der Waals surface area contributed by atoms with Gasteiger partial charge in [0.25, 0.3) is 5.91 Å². The molecule has 1 fully saturated rings. The largest absolute Gasteiger partial charge is 0.375 e. The second kappa shape index (κ2) is 6.67. The fourth-order valence-corrected chi connectivity index (χ4v) is 2.68. The first-order chi connectivity index (χ1) is 9.60. The van der Waals surface area contributed by atoms with Crippen LogP contribution in [0.1, 0.15) is 23.3 Å². The van der Waals surface area contributed by atoms with Crippen molar-refractivity contribution in [2.24, 2.45) is 0 Å². The topological polar surface area (TPSA) is 97.5 Å². The van der Waals surface area contributed by atoms with Gasteiger partial charge in [0, 0.05) is 31.6 Å². The van der Waals surface area contributed by atoms with E-state index in [0.29, 0.717) is 23.9 Å². The van der Waals surface area contributed by atoms with E-state index in [-0.39, 0.29) is 24.5 Å². The van der Waals surface area contributed by atoms with Crippen LogP contribution in [0.4, 0.5) is 5.13 Å². The number of carbonyl (C=O) groups is 2. The van der Waals surface area contributed by atoms with E-state index in [1.165, 1.54) is 18.4 Å². The number of hydrogen-bond acceptors (Lipinski definition) is 6. The van der Waals surface area contributed by atoms with Crippen molar-refractivity contribution >= 4 is 28.3 Å². The predicted octanol–water partition coefficient (Wildman–Crippen LogP) is 0.0925. The molecule has 0 bridgehead atoms. The summed E-state index contributed by atoms with van der Waals surface area (Å²) in [5.41, 5.74) is 5.85. The Morgan fingerprint density at radius 3 is 2.80 bits per heavy atom. The zero-order chi connectivity index (χ0) is 14.5. The van der Waals surface area contributed by atoms with Crippen LogP contribution in [0.3, 0.4) is 0 Å². The van der Waals surface area contributed by atoms with Crippen molar-refractivity contribution in [1.29, 1.82) is 0 Å². The van der Waals surface area contributed by atoms with Gasteiger partial charge in [0.1, 0.15) is 12.3 Å². The molecule has 1 aromatic heterocycles. The molecule has 3 N–H and O–H groups in total. The van der Waals surface area contributed by atoms with Gasteiger partial charge in [0.15, 0.2) is 5.13 Å². The molecule has 0 atom stereocenters. The first-order valence-electron chi connectivity index (χ1n) is 6.38. The summed E-state index contributed by atoms with van der Waals surface area (Å²) in [7, 11) is 1.50. The van der Waals surface area contributed by atoms with E-state index in [4.69, 9.17) is 10.5 Å². The number of nitrogen functional groups attached to an aromatic ring is 1. The van der Waals surface area contributed by atoms with Crippen LogP contribution in [0.2, 0.25) is 0 Å². The molecule has 0 aliphatic carbocycles. The van der Waals surface area contributed by atoms with E-state index >= 15 is 0 Å². The molecular weight excluding hydrogens is 280 g/mol. The van der Waals surface area contributed by atoms with Crippen molar-refractivity contribution in [3.05, 3.63) is 11.1 Å². The second-order valence-electron chi connectivity index (χ2n) is 4.63. The number of piperidine rings is 1. The maximum Gasteiger partial charge on any atom is 0.271 e. The zero-order valence-electron chi connectivity index (χ0n) is 11.3.